The highest BCUT2D eigenvalue weighted by molar-refractivity contribution is 7.92. The van der Waals surface area contributed by atoms with Crippen LogP contribution in [0.4, 0.5) is 5.69 Å². The molecule has 0 bridgehead atoms. The molecule has 1 atom stereocenters. The predicted octanol–water partition coefficient (Wildman–Crippen LogP) is 4.44. The van der Waals surface area contributed by atoms with Crippen molar-refractivity contribution < 1.29 is 27.5 Å². The molecule has 3 rings (SSSR count). The Balaban J connectivity index is 2.00. The highest BCUT2D eigenvalue weighted by Crippen LogP contribution is 2.32. The minimum atomic E-state index is -4.24. The summed E-state index contributed by atoms with van der Waals surface area (Å²) < 4.78 is 39.9. The summed E-state index contributed by atoms with van der Waals surface area (Å²) in [6.07, 6.45) is 0.501. The number of anilines is 1. The Morgan fingerprint density at radius 3 is 2.12 bits per heavy atom. The molecular formula is C32H41N3O6S. The number of carbonyl (C=O) groups is 2. The Morgan fingerprint density at radius 2 is 1.52 bits per heavy atom. The van der Waals surface area contributed by atoms with Gasteiger partial charge in [-0.2, -0.15) is 0 Å². The van der Waals surface area contributed by atoms with Gasteiger partial charge in [0.05, 0.1) is 24.8 Å². The number of methoxy groups -OCH3 is 2. The van der Waals surface area contributed by atoms with Crippen molar-refractivity contribution in [3.63, 3.8) is 0 Å². The van der Waals surface area contributed by atoms with Crippen LogP contribution >= 0.6 is 0 Å². The van der Waals surface area contributed by atoms with Crippen LogP contribution < -0.4 is 19.1 Å². The number of amides is 2. The Bertz CT molecular complexity index is 1440. The van der Waals surface area contributed by atoms with Gasteiger partial charge in [0.25, 0.3) is 10.0 Å². The van der Waals surface area contributed by atoms with E-state index >= 15 is 0 Å². The highest BCUT2D eigenvalue weighted by atomic mass is 32.2. The number of benzene rings is 3. The summed E-state index contributed by atoms with van der Waals surface area (Å²) in [6.45, 7) is 7.73. The summed E-state index contributed by atoms with van der Waals surface area (Å²) >= 11 is 0. The Kier molecular flexibility index (Phi) is 11.4. The first-order valence-corrected chi connectivity index (χ1v) is 15.3. The van der Waals surface area contributed by atoms with E-state index in [0.717, 1.165) is 15.4 Å². The first-order chi connectivity index (χ1) is 20.0. The standard InChI is InChI=1S/C32H41N3O6S/c1-23(2)21-33-32(37)25(4)34(19-18-26-10-8-7-9-11-26)31(36)22-35(27-14-12-24(3)13-15-27)42(38,39)28-16-17-29(40-5)30(20-28)41-6/h7-17,20,23,25H,18-19,21-22H2,1-6H3,(H,33,37)/t25-/m1/s1. The van der Waals surface area contributed by atoms with Crippen molar-refractivity contribution in [3.8, 4) is 11.5 Å². The van der Waals surface area contributed by atoms with Gasteiger partial charge in [0, 0.05) is 19.2 Å². The summed E-state index contributed by atoms with van der Waals surface area (Å²) in [5.41, 5.74) is 2.26. The van der Waals surface area contributed by atoms with E-state index in [1.54, 1.807) is 31.2 Å². The van der Waals surface area contributed by atoms with E-state index in [9.17, 15) is 18.0 Å². The largest absolute Gasteiger partial charge is 0.493 e. The topological polar surface area (TPSA) is 105 Å². The quantitative estimate of drug-likeness (QED) is 0.296. The molecular weight excluding hydrogens is 554 g/mol. The van der Waals surface area contributed by atoms with E-state index in [4.69, 9.17) is 9.47 Å². The molecule has 0 aromatic heterocycles. The van der Waals surface area contributed by atoms with E-state index in [1.165, 1.54) is 37.3 Å². The molecule has 1 N–H and O–H groups in total. The third-order valence-electron chi connectivity index (χ3n) is 6.88. The number of nitrogens with zero attached hydrogens (tertiary/aromatic N) is 2. The maximum absolute atomic E-state index is 14.1. The van der Waals surface area contributed by atoms with Gasteiger partial charge in [-0.05, 0) is 56.0 Å². The molecule has 0 fully saturated rings. The maximum atomic E-state index is 14.1. The molecule has 226 valence electrons. The molecule has 3 aromatic rings. The summed E-state index contributed by atoms with van der Waals surface area (Å²) in [6, 6.07) is 20.0. The maximum Gasteiger partial charge on any atom is 0.264 e. The van der Waals surface area contributed by atoms with Crippen LogP contribution in [0.1, 0.15) is 31.9 Å². The zero-order valence-electron chi connectivity index (χ0n) is 25.2. The van der Waals surface area contributed by atoms with Gasteiger partial charge in [-0.15, -0.1) is 0 Å². The van der Waals surface area contributed by atoms with Gasteiger partial charge in [0.1, 0.15) is 12.6 Å². The molecule has 42 heavy (non-hydrogen) atoms. The van der Waals surface area contributed by atoms with Gasteiger partial charge in [-0.3, -0.25) is 13.9 Å². The molecule has 0 saturated carbocycles. The van der Waals surface area contributed by atoms with Crippen LogP contribution in [0.25, 0.3) is 0 Å². The molecule has 0 aliphatic rings. The molecule has 0 radical (unpaired) electrons. The second kappa shape index (κ2) is 14.7. The summed E-state index contributed by atoms with van der Waals surface area (Å²) in [5.74, 6) is 0.0622. The van der Waals surface area contributed by atoms with Gasteiger partial charge in [0.2, 0.25) is 11.8 Å². The van der Waals surface area contributed by atoms with Crippen LogP contribution in [0, 0.1) is 12.8 Å². The highest BCUT2D eigenvalue weighted by Gasteiger charge is 2.33. The van der Waals surface area contributed by atoms with Gasteiger partial charge in [0.15, 0.2) is 11.5 Å². The van der Waals surface area contributed by atoms with Crippen molar-refractivity contribution in [2.45, 2.75) is 45.1 Å². The third kappa shape index (κ3) is 8.25. The van der Waals surface area contributed by atoms with Gasteiger partial charge in [-0.1, -0.05) is 61.9 Å². The van der Waals surface area contributed by atoms with Crippen molar-refractivity contribution in [1.29, 1.82) is 0 Å². The molecule has 0 aliphatic heterocycles. The van der Waals surface area contributed by atoms with Crippen LogP contribution in [0.5, 0.6) is 11.5 Å². The number of rotatable bonds is 14. The lowest BCUT2D eigenvalue weighted by Gasteiger charge is -2.32. The van der Waals surface area contributed by atoms with E-state index in [0.29, 0.717) is 24.4 Å². The van der Waals surface area contributed by atoms with Crippen molar-refractivity contribution in [2.75, 3.05) is 38.2 Å². The summed E-state index contributed by atoms with van der Waals surface area (Å²) in [7, 11) is -1.35. The number of aryl methyl sites for hydroxylation is 1. The van der Waals surface area contributed by atoms with Crippen LogP contribution in [-0.2, 0) is 26.0 Å². The molecule has 9 nitrogen and oxygen atoms in total. The lowest BCUT2D eigenvalue weighted by atomic mass is 10.1. The predicted molar refractivity (Wildman–Crippen MR) is 164 cm³/mol. The second-order valence-corrected chi connectivity index (χ2v) is 12.4. The molecule has 10 heteroatoms. The minimum absolute atomic E-state index is 0.0629. The SMILES string of the molecule is COc1ccc(S(=O)(=O)N(CC(=O)N(CCc2ccccc2)[C@H](C)C(=O)NCC(C)C)c2ccc(C)cc2)cc1OC. The third-order valence-corrected chi connectivity index (χ3v) is 8.65. The minimum Gasteiger partial charge on any atom is -0.493 e. The fourth-order valence-corrected chi connectivity index (χ4v) is 5.80. The van der Waals surface area contributed by atoms with Gasteiger partial charge in [-0.25, -0.2) is 8.42 Å². The Morgan fingerprint density at radius 1 is 0.881 bits per heavy atom. The Labute approximate surface area is 249 Å². The molecule has 0 aliphatic carbocycles. The van der Waals surface area contributed by atoms with Crippen LogP contribution in [0.3, 0.4) is 0 Å². The van der Waals surface area contributed by atoms with Crippen molar-refractivity contribution in [3.05, 3.63) is 83.9 Å². The van der Waals surface area contributed by atoms with Crippen molar-refractivity contribution in [2.24, 2.45) is 5.92 Å². The van der Waals surface area contributed by atoms with Gasteiger partial charge >= 0.3 is 0 Å². The number of hydrogen-bond acceptors (Lipinski definition) is 6. The van der Waals surface area contributed by atoms with E-state index in [1.807, 2.05) is 51.1 Å². The van der Waals surface area contributed by atoms with Crippen LogP contribution in [0.15, 0.2) is 77.7 Å². The molecule has 0 heterocycles. The van der Waals surface area contributed by atoms with Crippen molar-refractivity contribution in [1.82, 2.24) is 10.2 Å². The number of carbonyl (C=O) groups excluding carboxylic acids is 2. The smallest absolute Gasteiger partial charge is 0.264 e. The fourth-order valence-electron chi connectivity index (χ4n) is 4.37. The zero-order chi connectivity index (χ0) is 30.9. The molecule has 3 aromatic carbocycles. The van der Waals surface area contributed by atoms with E-state index < -0.39 is 28.5 Å². The van der Waals surface area contributed by atoms with E-state index in [-0.39, 0.29) is 29.0 Å². The summed E-state index contributed by atoms with van der Waals surface area (Å²) in [5, 5.41) is 2.90. The zero-order valence-corrected chi connectivity index (χ0v) is 26.0. The normalized spacial score (nSPS) is 12.0. The monoisotopic (exact) mass is 595 g/mol. The second-order valence-electron chi connectivity index (χ2n) is 10.5. The number of hydrogen-bond donors (Lipinski definition) is 1. The van der Waals surface area contributed by atoms with E-state index in [2.05, 4.69) is 5.32 Å². The van der Waals surface area contributed by atoms with Crippen LogP contribution in [-0.4, -0.2) is 65.0 Å². The van der Waals surface area contributed by atoms with Crippen LogP contribution in [0.2, 0.25) is 0 Å². The molecule has 0 spiro atoms. The number of sulfonamides is 1. The van der Waals surface area contributed by atoms with Crippen molar-refractivity contribution >= 4 is 27.5 Å². The Hall–Kier alpha value is -4.05. The molecule has 2 amide bonds. The number of nitrogens with one attached hydrogen (secondary N) is 1. The fraction of sp³-hybridized carbons (Fsp3) is 0.375. The first kappa shape index (κ1) is 32.5. The average Bonchev–Trinajstić information content (AvgIpc) is 2.99. The van der Waals surface area contributed by atoms with Gasteiger partial charge < -0.3 is 19.7 Å². The average molecular weight is 596 g/mol. The lowest BCUT2D eigenvalue weighted by Crippen LogP contribution is -2.52. The summed E-state index contributed by atoms with van der Waals surface area (Å²) in [4.78, 5) is 28.5. The molecule has 0 unspecified atom stereocenters. The first-order valence-electron chi connectivity index (χ1n) is 13.9. The number of ether oxygens (including phenoxy) is 2. The molecule has 0 saturated heterocycles. The lowest BCUT2D eigenvalue weighted by molar-refractivity contribution is -0.138.